The minimum absolute atomic E-state index is 0.330. The predicted molar refractivity (Wildman–Crippen MR) is 50.6 cm³/mol. The van der Waals surface area contributed by atoms with Crippen LogP contribution >= 0.6 is 0 Å². The van der Waals surface area contributed by atoms with Crippen molar-refractivity contribution in [3.8, 4) is 0 Å². The zero-order chi connectivity index (χ0) is 8.55. The Morgan fingerprint density at radius 1 is 1.58 bits per heavy atom. The van der Waals surface area contributed by atoms with Gasteiger partial charge < -0.3 is 10.6 Å². The number of hydrogen-bond acceptors (Lipinski definition) is 2. The van der Waals surface area contributed by atoms with Gasteiger partial charge in [0.1, 0.15) is 0 Å². The van der Waals surface area contributed by atoms with Crippen molar-refractivity contribution in [3.05, 3.63) is 23.4 Å². The van der Waals surface area contributed by atoms with Crippen molar-refractivity contribution in [3.63, 3.8) is 0 Å². The smallest absolute Gasteiger partial charge is 0.0327 e. The van der Waals surface area contributed by atoms with Crippen LogP contribution in [0.3, 0.4) is 0 Å². The molecular weight excluding hydrogens is 148 g/mol. The van der Waals surface area contributed by atoms with Gasteiger partial charge >= 0.3 is 0 Å². The average Bonchev–Trinajstić information content (AvgIpc) is 2.04. The molecule has 1 unspecified atom stereocenters. The Balaban J connectivity index is 2.27. The quantitative estimate of drug-likeness (QED) is 0.584. The molecule has 2 rings (SSSR count). The Kier molecular flexibility index (Phi) is 1.93. The molecule has 0 amide bonds. The molecule has 2 nitrogen and oxygen atoms in total. The van der Waals surface area contributed by atoms with E-state index >= 15 is 0 Å². The molecule has 0 aromatic carbocycles. The number of nitrogens with two attached hydrogens (primary N) is 1. The van der Waals surface area contributed by atoms with Crippen molar-refractivity contribution in [2.45, 2.75) is 25.3 Å². The van der Waals surface area contributed by atoms with Crippen LogP contribution in [0.1, 0.15) is 19.3 Å². The molecule has 12 heavy (non-hydrogen) atoms. The molecule has 1 aliphatic carbocycles. The minimum atomic E-state index is 0.330. The van der Waals surface area contributed by atoms with Crippen molar-refractivity contribution in [2.24, 2.45) is 5.73 Å². The van der Waals surface area contributed by atoms with Crippen LogP contribution in [0.5, 0.6) is 0 Å². The molecule has 0 radical (unpaired) electrons. The molecule has 2 aliphatic rings. The van der Waals surface area contributed by atoms with E-state index in [9.17, 15) is 0 Å². The topological polar surface area (TPSA) is 29.3 Å². The van der Waals surface area contributed by atoms with Gasteiger partial charge in [-0.05, 0) is 24.8 Å². The van der Waals surface area contributed by atoms with E-state index in [1.165, 1.54) is 24.1 Å². The van der Waals surface area contributed by atoms with Crippen LogP contribution in [0.15, 0.2) is 23.4 Å². The molecule has 2 heteroatoms. The van der Waals surface area contributed by atoms with E-state index in [0.29, 0.717) is 6.04 Å². The number of allylic oxidation sites excluding steroid dienone is 3. The summed E-state index contributed by atoms with van der Waals surface area (Å²) in [7, 11) is 2.15. The maximum absolute atomic E-state index is 5.92. The first-order valence-corrected chi connectivity index (χ1v) is 4.62. The highest BCUT2D eigenvalue weighted by Gasteiger charge is 2.21. The van der Waals surface area contributed by atoms with E-state index in [-0.39, 0.29) is 0 Å². The summed E-state index contributed by atoms with van der Waals surface area (Å²) in [6, 6.07) is 0.330. The Bertz CT molecular complexity index is 240. The highest BCUT2D eigenvalue weighted by Crippen LogP contribution is 2.28. The molecule has 2 N–H and O–H groups in total. The van der Waals surface area contributed by atoms with E-state index < -0.39 is 0 Å². The summed E-state index contributed by atoms with van der Waals surface area (Å²) in [5, 5.41) is 0. The summed E-state index contributed by atoms with van der Waals surface area (Å²) in [6.07, 6.45) is 7.96. The fraction of sp³-hybridized carbons (Fsp3) is 0.600. The normalized spacial score (nSPS) is 29.2. The third-order valence-corrected chi connectivity index (χ3v) is 2.69. The summed E-state index contributed by atoms with van der Waals surface area (Å²) in [6.45, 7) is 1.02. The SMILES string of the molecule is CN1CC(N)CC2=C1CCC=C2. The van der Waals surface area contributed by atoms with Crippen molar-refractivity contribution >= 4 is 0 Å². The monoisotopic (exact) mass is 164 g/mol. The van der Waals surface area contributed by atoms with Crippen molar-refractivity contribution in [2.75, 3.05) is 13.6 Å². The van der Waals surface area contributed by atoms with Crippen LogP contribution < -0.4 is 5.73 Å². The van der Waals surface area contributed by atoms with Crippen LogP contribution in [0.2, 0.25) is 0 Å². The lowest BCUT2D eigenvalue weighted by molar-refractivity contribution is 0.336. The standard InChI is InChI=1S/C10H16N2/c1-12-7-9(11)6-8-4-2-3-5-10(8)12/h2,4,9H,3,5-7,11H2,1H3. The van der Waals surface area contributed by atoms with Crippen LogP contribution in [-0.4, -0.2) is 24.5 Å². The van der Waals surface area contributed by atoms with Crippen LogP contribution in [0, 0.1) is 0 Å². The first-order chi connectivity index (χ1) is 5.77. The Hall–Kier alpha value is -0.760. The largest absolute Gasteiger partial charge is 0.376 e. The zero-order valence-electron chi connectivity index (χ0n) is 7.59. The van der Waals surface area contributed by atoms with E-state index in [1.807, 2.05) is 0 Å². The maximum Gasteiger partial charge on any atom is 0.0327 e. The van der Waals surface area contributed by atoms with E-state index in [2.05, 4.69) is 24.1 Å². The van der Waals surface area contributed by atoms with Crippen LogP contribution in [0.25, 0.3) is 0 Å². The Morgan fingerprint density at radius 2 is 2.42 bits per heavy atom. The van der Waals surface area contributed by atoms with E-state index in [4.69, 9.17) is 5.73 Å². The number of likely N-dealkylation sites (N-methyl/N-ethyl adjacent to an activating group) is 1. The summed E-state index contributed by atoms with van der Waals surface area (Å²) in [4.78, 5) is 2.31. The third-order valence-electron chi connectivity index (χ3n) is 2.69. The van der Waals surface area contributed by atoms with Gasteiger partial charge in [0.15, 0.2) is 0 Å². The Labute approximate surface area is 73.7 Å². The maximum atomic E-state index is 5.92. The van der Waals surface area contributed by atoms with Gasteiger partial charge in [-0.25, -0.2) is 0 Å². The van der Waals surface area contributed by atoms with Crippen molar-refractivity contribution in [1.29, 1.82) is 0 Å². The van der Waals surface area contributed by atoms with Gasteiger partial charge in [-0.3, -0.25) is 0 Å². The fourth-order valence-electron chi connectivity index (χ4n) is 2.13. The van der Waals surface area contributed by atoms with Gasteiger partial charge in [0.25, 0.3) is 0 Å². The molecule has 0 fully saturated rings. The lowest BCUT2D eigenvalue weighted by Crippen LogP contribution is -2.40. The zero-order valence-corrected chi connectivity index (χ0v) is 7.59. The molecule has 66 valence electrons. The van der Waals surface area contributed by atoms with Crippen LogP contribution in [0.4, 0.5) is 0 Å². The van der Waals surface area contributed by atoms with E-state index in [1.54, 1.807) is 0 Å². The minimum Gasteiger partial charge on any atom is -0.376 e. The summed E-state index contributed by atoms with van der Waals surface area (Å²) in [5.41, 5.74) is 8.90. The highest BCUT2D eigenvalue weighted by atomic mass is 15.1. The third kappa shape index (κ3) is 1.27. The molecule has 1 atom stereocenters. The number of rotatable bonds is 0. The molecule has 1 aliphatic heterocycles. The van der Waals surface area contributed by atoms with Gasteiger partial charge in [-0.2, -0.15) is 0 Å². The van der Waals surface area contributed by atoms with E-state index in [0.717, 1.165) is 13.0 Å². The van der Waals surface area contributed by atoms with Gasteiger partial charge in [0.05, 0.1) is 0 Å². The summed E-state index contributed by atoms with van der Waals surface area (Å²) < 4.78 is 0. The second-order valence-electron chi connectivity index (χ2n) is 3.76. The summed E-state index contributed by atoms with van der Waals surface area (Å²) >= 11 is 0. The first kappa shape index (κ1) is 7.87. The molecule has 0 aromatic heterocycles. The molecule has 0 spiro atoms. The van der Waals surface area contributed by atoms with Crippen LogP contribution in [-0.2, 0) is 0 Å². The van der Waals surface area contributed by atoms with Gasteiger partial charge in [0, 0.05) is 25.3 Å². The first-order valence-electron chi connectivity index (χ1n) is 4.62. The van der Waals surface area contributed by atoms with Gasteiger partial charge in [-0.1, -0.05) is 12.2 Å². The second kappa shape index (κ2) is 2.94. The van der Waals surface area contributed by atoms with Crippen molar-refractivity contribution < 1.29 is 0 Å². The molecule has 0 saturated carbocycles. The predicted octanol–water partition coefficient (Wildman–Crippen LogP) is 1.25. The lowest BCUT2D eigenvalue weighted by Gasteiger charge is -2.34. The Morgan fingerprint density at radius 3 is 3.25 bits per heavy atom. The highest BCUT2D eigenvalue weighted by molar-refractivity contribution is 5.31. The van der Waals surface area contributed by atoms with Gasteiger partial charge in [-0.15, -0.1) is 0 Å². The molecule has 0 aromatic rings. The molecule has 1 heterocycles. The lowest BCUT2D eigenvalue weighted by atomic mass is 9.93. The van der Waals surface area contributed by atoms with Crippen molar-refractivity contribution in [1.82, 2.24) is 4.90 Å². The molecule has 0 bridgehead atoms. The second-order valence-corrected chi connectivity index (χ2v) is 3.76. The fourth-order valence-corrected chi connectivity index (χ4v) is 2.13. The average molecular weight is 164 g/mol. The van der Waals surface area contributed by atoms with Gasteiger partial charge in [0.2, 0.25) is 0 Å². The number of hydrogen-bond donors (Lipinski definition) is 1. The summed E-state index contributed by atoms with van der Waals surface area (Å²) in [5.74, 6) is 0. The number of nitrogens with zero attached hydrogens (tertiary/aromatic N) is 1. The molecular formula is C10H16N2. The molecule has 0 saturated heterocycles.